The topological polar surface area (TPSA) is 81.2 Å². The molecule has 6 heteroatoms. The number of nitrogens with two attached hydrogens (primary N) is 1. The van der Waals surface area contributed by atoms with Gasteiger partial charge in [0.15, 0.2) is 5.65 Å². The van der Waals surface area contributed by atoms with Crippen LogP contribution in [0.15, 0.2) is 48.8 Å². The van der Waals surface area contributed by atoms with Crippen molar-refractivity contribution in [3.8, 4) is 11.6 Å². The first-order valence-electron chi connectivity index (χ1n) is 6.15. The van der Waals surface area contributed by atoms with Gasteiger partial charge in [-0.2, -0.15) is 9.61 Å². The lowest BCUT2D eigenvalue weighted by atomic mass is 10.2. The maximum absolute atomic E-state index is 5.87. The van der Waals surface area contributed by atoms with E-state index in [1.807, 2.05) is 30.5 Å². The number of hydrogen-bond acceptors (Lipinski definition) is 4. The van der Waals surface area contributed by atoms with Crippen molar-refractivity contribution in [3.05, 3.63) is 48.8 Å². The van der Waals surface area contributed by atoms with Crippen LogP contribution in [-0.4, -0.2) is 19.6 Å². The van der Waals surface area contributed by atoms with Gasteiger partial charge in [-0.1, -0.05) is 0 Å². The van der Waals surface area contributed by atoms with Crippen molar-refractivity contribution >= 4 is 22.4 Å². The number of nitrogens with one attached hydrogen (secondary N) is 1. The first kappa shape index (κ1) is 10.9. The number of benzene rings is 1. The third kappa shape index (κ3) is 1.66. The molecule has 20 heavy (non-hydrogen) atoms. The zero-order valence-corrected chi connectivity index (χ0v) is 10.4. The van der Waals surface area contributed by atoms with E-state index < -0.39 is 0 Å². The summed E-state index contributed by atoms with van der Waals surface area (Å²) in [6.07, 6.45) is 3.55. The molecule has 0 amide bonds. The third-order valence-electron chi connectivity index (χ3n) is 3.09. The number of hydrogen-bond donors (Lipinski definition) is 2. The number of nitrogen functional groups attached to an aromatic ring is 1. The number of H-pyrrole nitrogens is 1. The van der Waals surface area contributed by atoms with Crippen LogP contribution < -0.4 is 10.5 Å². The second-order valence-electron chi connectivity index (χ2n) is 4.45. The van der Waals surface area contributed by atoms with Gasteiger partial charge in [-0.3, -0.25) is 0 Å². The molecule has 0 fully saturated rings. The van der Waals surface area contributed by atoms with Crippen molar-refractivity contribution < 1.29 is 4.74 Å². The van der Waals surface area contributed by atoms with Crippen LogP contribution in [0.2, 0.25) is 0 Å². The van der Waals surface area contributed by atoms with Crippen molar-refractivity contribution in [1.82, 2.24) is 19.6 Å². The van der Waals surface area contributed by atoms with E-state index in [1.54, 1.807) is 22.8 Å². The van der Waals surface area contributed by atoms with Crippen LogP contribution in [0.1, 0.15) is 0 Å². The van der Waals surface area contributed by atoms with Crippen LogP contribution in [0.4, 0.5) is 5.82 Å². The summed E-state index contributed by atoms with van der Waals surface area (Å²) in [5.74, 6) is 1.66. The Balaban J connectivity index is 1.81. The first-order chi connectivity index (χ1) is 9.79. The Kier molecular flexibility index (Phi) is 2.17. The van der Waals surface area contributed by atoms with Gasteiger partial charge in [0, 0.05) is 29.2 Å². The normalized spacial score (nSPS) is 11.2. The zero-order valence-electron chi connectivity index (χ0n) is 10.4. The summed E-state index contributed by atoms with van der Waals surface area (Å²) in [4.78, 5) is 7.31. The molecule has 0 radical (unpaired) electrons. The van der Waals surface area contributed by atoms with Gasteiger partial charge < -0.3 is 15.5 Å². The molecule has 3 N–H and O–H groups in total. The fraction of sp³-hybridized carbons (Fsp3) is 0. The summed E-state index contributed by atoms with van der Waals surface area (Å²) >= 11 is 0. The molecule has 0 aliphatic carbocycles. The van der Waals surface area contributed by atoms with Crippen molar-refractivity contribution in [2.45, 2.75) is 0 Å². The SMILES string of the molecule is Nc1cc(Oc2ccc3[nH]ccc3c2)n2nccc2n1. The Hall–Kier alpha value is -3.02. The van der Waals surface area contributed by atoms with E-state index in [0.29, 0.717) is 17.3 Å². The molecule has 4 rings (SSSR count). The Morgan fingerprint density at radius 2 is 2.10 bits per heavy atom. The van der Waals surface area contributed by atoms with Crippen LogP contribution in [0.5, 0.6) is 11.6 Å². The number of anilines is 1. The molecule has 1 aromatic carbocycles. The van der Waals surface area contributed by atoms with Crippen LogP contribution >= 0.6 is 0 Å². The summed E-state index contributed by atoms with van der Waals surface area (Å²) in [5.41, 5.74) is 7.50. The molecule has 3 aromatic heterocycles. The standard InChI is InChI=1S/C14H11N5O/c15-12-8-14(19-13(18-12)4-6-17-19)20-10-1-2-11-9(7-10)3-5-16-11/h1-8,16H,(H2,15,18). The van der Waals surface area contributed by atoms with Gasteiger partial charge in [-0.05, 0) is 24.3 Å². The highest BCUT2D eigenvalue weighted by molar-refractivity contribution is 5.80. The molecule has 4 aromatic rings. The summed E-state index contributed by atoms with van der Waals surface area (Å²) in [5, 5.41) is 5.26. The van der Waals surface area contributed by atoms with Gasteiger partial charge in [0.1, 0.15) is 11.6 Å². The van der Waals surface area contributed by atoms with E-state index >= 15 is 0 Å². The second kappa shape index (κ2) is 3.99. The molecule has 6 nitrogen and oxygen atoms in total. The minimum absolute atomic E-state index is 0.399. The van der Waals surface area contributed by atoms with Crippen LogP contribution in [0.3, 0.4) is 0 Å². The van der Waals surface area contributed by atoms with E-state index in [4.69, 9.17) is 10.5 Å². The van der Waals surface area contributed by atoms with E-state index in [-0.39, 0.29) is 0 Å². The van der Waals surface area contributed by atoms with Crippen LogP contribution in [0, 0.1) is 0 Å². The van der Waals surface area contributed by atoms with Gasteiger partial charge in [0.2, 0.25) is 5.88 Å². The van der Waals surface area contributed by atoms with Gasteiger partial charge in [-0.25, -0.2) is 4.98 Å². The molecular formula is C14H11N5O. The number of fused-ring (bicyclic) bond motifs is 2. The Morgan fingerprint density at radius 3 is 3.05 bits per heavy atom. The Bertz CT molecular complexity index is 908. The van der Waals surface area contributed by atoms with Crippen LogP contribution in [0.25, 0.3) is 16.6 Å². The number of nitrogens with zero attached hydrogens (tertiary/aromatic N) is 3. The van der Waals surface area contributed by atoms with Crippen molar-refractivity contribution in [1.29, 1.82) is 0 Å². The molecule has 0 saturated carbocycles. The maximum atomic E-state index is 5.87. The lowest BCUT2D eigenvalue weighted by molar-refractivity contribution is 0.447. The van der Waals surface area contributed by atoms with E-state index in [1.165, 1.54) is 0 Å². The van der Waals surface area contributed by atoms with Crippen molar-refractivity contribution in [2.75, 3.05) is 5.73 Å². The maximum Gasteiger partial charge on any atom is 0.226 e. The predicted molar refractivity (Wildman–Crippen MR) is 75.8 cm³/mol. The second-order valence-corrected chi connectivity index (χ2v) is 4.45. The van der Waals surface area contributed by atoms with Gasteiger partial charge in [0.25, 0.3) is 0 Å². The summed E-state index contributed by atoms with van der Waals surface area (Å²) in [6, 6.07) is 11.2. The first-order valence-corrected chi connectivity index (χ1v) is 6.15. The molecule has 0 saturated heterocycles. The molecule has 0 bridgehead atoms. The van der Waals surface area contributed by atoms with E-state index in [9.17, 15) is 0 Å². The van der Waals surface area contributed by atoms with Gasteiger partial charge in [0.05, 0.1) is 6.20 Å². The predicted octanol–water partition coefficient (Wildman–Crippen LogP) is 2.59. The number of rotatable bonds is 2. The largest absolute Gasteiger partial charge is 0.439 e. The smallest absolute Gasteiger partial charge is 0.226 e. The average Bonchev–Trinajstić information content (AvgIpc) is 3.05. The van der Waals surface area contributed by atoms with Gasteiger partial charge >= 0.3 is 0 Å². The highest BCUT2D eigenvalue weighted by Gasteiger charge is 2.07. The molecule has 0 spiro atoms. The molecular weight excluding hydrogens is 254 g/mol. The zero-order chi connectivity index (χ0) is 13.5. The summed E-state index contributed by atoms with van der Waals surface area (Å²) < 4.78 is 7.48. The quantitative estimate of drug-likeness (QED) is 0.583. The minimum Gasteiger partial charge on any atom is -0.439 e. The van der Waals surface area contributed by atoms with E-state index in [2.05, 4.69) is 15.1 Å². The fourth-order valence-electron chi connectivity index (χ4n) is 2.19. The number of aromatic amines is 1. The number of ether oxygens (including phenoxy) is 1. The van der Waals surface area contributed by atoms with Crippen molar-refractivity contribution in [2.24, 2.45) is 0 Å². The fourth-order valence-corrected chi connectivity index (χ4v) is 2.19. The highest BCUT2D eigenvalue weighted by atomic mass is 16.5. The molecule has 0 aliphatic heterocycles. The minimum atomic E-state index is 0.399. The van der Waals surface area contributed by atoms with E-state index in [0.717, 1.165) is 16.7 Å². The Morgan fingerprint density at radius 1 is 1.15 bits per heavy atom. The molecule has 3 heterocycles. The highest BCUT2D eigenvalue weighted by Crippen LogP contribution is 2.26. The molecule has 98 valence electrons. The molecule has 0 atom stereocenters. The average molecular weight is 265 g/mol. The van der Waals surface area contributed by atoms with Gasteiger partial charge in [-0.15, -0.1) is 0 Å². The number of aromatic nitrogens is 4. The Labute approximate surface area is 113 Å². The van der Waals surface area contributed by atoms with Crippen molar-refractivity contribution in [3.63, 3.8) is 0 Å². The molecule has 0 aliphatic rings. The third-order valence-corrected chi connectivity index (χ3v) is 3.09. The summed E-state index contributed by atoms with van der Waals surface area (Å²) in [6.45, 7) is 0. The van der Waals surface area contributed by atoms with Crippen LogP contribution in [-0.2, 0) is 0 Å². The lowest BCUT2D eigenvalue weighted by Gasteiger charge is -2.08. The monoisotopic (exact) mass is 265 g/mol. The summed E-state index contributed by atoms with van der Waals surface area (Å²) in [7, 11) is 0. The lowest BCUT2D eigenvalue weighted by Crippen LogP contribution is -2.00. The molecule has 0 unspecified atom stereocenters.